The fourth-order valence-electron chi connectivity index (χ4n) is 2.35. The fraction of sp³-hybridized carbons (Fsp3) is 0.111. The van der Waals surface area contributed by atoms with E-state index in [1.54, 1.807) is 18.1 Å². The highest BCUT2D eigenvalue weighted by atomic mass is 79.9. The molecule has 0 unspecified atom stereocenters. The van der Waals surface area contributed by atoms with E-state index >= 15 is 0 Å². The predicted molar refractivity (Wildman–Crippen MR) is 93.5 cm³/mol. The van der Waals surface area contributed by atoms with E-state index in [1.165, 1.54) is 0 Å². The molecule has 0 atom stereocenters. The summed E-state index contributed by atoms with van der Waals surface area (Å²) >= 11 is 3.39. The van der Waals surface area contributed by atoms with Gasteiger partial charge in [-0.25, -0.2) is 4.68 Å². The maximum Gasteiger partial charge on any atom is 0.253 e. The van der Waals surface area contributed by atoms with E-state index in [-0.39, 0.29) is 5.91 Å². The number of carbonyl (C=O) groups is 1. The summed E-state index contributed by atoms with van der Waals surface area (Å²) in [6.07, 6.45) is 3.73. The van der Waals surface area contributed by atoms with Gasteiger partial charge in [-0.3, -0.25) is 4.79 Å². The molecule has 0 spiro atoms. The highest BCUT2D eigenvalue weighted by Crippen LogP contribution is 2.15. The summed E-state index contributed by atoms with van der Waals surface area (Å²) in [5.74, 6) is -0.0150. The maximum absolute atomic E-state index is 12.5. The van der Waals surface area contributed by atoms with Crippen molar-refractivity contribution in [1.29, 1.82) is 0 Å². The van der Waals surface area contributed by atoms with Gasteiger partial charge in [-0.2, -0.15) is 5.10 Å². The Bertz CT molecular complexity index is 814. The first-order valence-electron chi connectivity index (χ1n) is 7.23. The molecule has 1 amide bonds. The summed E-state index contributed by atoms with van der Waals surface area (Å²) in [6, 6.07) is 17.3. The number of para-hydroxylation sites is 1. The summed E-state index contributed by atoms with van der Waals surface area (Å²) < 4.78 is 2.71. The molecule has 0 aliphatic heterocycles. The standard InChI is InChI=1S/C18H16BrN3O/c1-21(18(23)15-6-5-7-16(19)10-15)12-14-11-20-22(13-14)17-8-3-2-4-9-17/h2-11,13H,12H2,1H3. The molecule has 2 aromatic carbocycles. The number of carbonyl (C=O) groups excluding carboxylic acids is 1. The molecule has 0 saturated carbocycles. The van der Waals surface area contributed by atoms with Crippen LogP contribution in [0.25, 0.3) is 5.69 Å². The average Bonchev–Trinajstić information content (AvgIpc) is 3.03. The molecule has 5 heteroatoms. The van der Waals surface area contributed by atoms with E-state index in [1.807, 2.05) is 65.5 Å². The van der Waals surface area contributed by atoms with E-state index in [0.29, 0.717) is 12.1 Å². The minimum Gasteiger partial charge on any atom is -0.337 e. The Labute approximate surface area is 143 Å². The quantitative estimate of drug-likeness (QED) is 0.699. The lowest BCUT2D eigenvalue weighted by atomic mass is 10.2. The predicted octanol–water partition coefficient (Wildman–Crippen LogP) is 3.91. The van der Waals surface area contributed by atoms with Crippen molar-refractivity contribution in [3.63, 3.8) is 0 Å². The molecule has 0 bridgehead atoms. The van der Waals surface area contributed by atoms with Crippen molar-refractivity contribution >= 4 is 21.8 Å². The van der Waals surface area contributed by atoms with E-state index in [0.717, 1.165) is 15.7 Å². The van der Waals surface area contributed by atoms with Gasteiger partial charge in [0.05, 0.1) is 11.9 Å². The Hall–Kier alpha value is -2.40. The molecule has 0 radical (unpaired) electrons. The van der Waals surface area contributed by atoms with Crippen LogP contribution < -0.4 is 0 Å². The molecule has 1 aromatic heterocycles. The molecule has 0 saturated heterocycles. The molecular formula is C18H16BrN3O. The van der Waals surface area contributed by atoms with Crippen molar-refractivity contribution in [2.45, 2.75) is 6.54 Å². The van der Waals surface area contributed by atoms with Gasteiger partial charge in [0, 0.05) is 35.4 Å². The van der Waals surface area contributed by atoms with Crippen LogP contribution in [0.15, 0.2) is 71.5 Å². The number of rotatable bonds is 4. The van der Waals surface area contributed by atoms with Crippen LogP contribution in [0.4, 0.5) is 0 Å². The number of aromatic nitrogens is 2. The maximum atomic E-state index is 12.5. The van der Waals surface area contributed by atoms with E-state index < -0.39 is 0 Å². The van der Waals surface area contributed by atoms with Crippen LogP contribution >= 0.6 is 15.9 Å². The zero-order chi connectivity index (χ0) is 16.2. The van der Waals surface area contributed by atoms with Crippen molar-refractivity contribution in [1.82, 2.24) is 14.7 Å². The molecule has 23 heavy (non-hydrogen) atoms. The number of hydrogen-bond acceptors (Lipinski definition) is 2. The molecule has 1 heterocycles. The third-order valence-corrected chi connectivity index (χ3v) is 3.99. The SMILES string of the molecule is CN(Cc1cnn(-c2ccccc2)c1)C(=O)c1cccc(Br)c1. The summed E-state index contributed by atoms with van der Waals surface area (Å²) in [5, 5.41) is 4.36. The Morgan fingerprint density at radius 1 is 1.17 bits per heavy atom. The first kappa shape index (κ1) is 15.5. The van der Waals surface area contributed by atoms with E-state index in [2.05, 4.69) is 21.0 Å². The van der Waals surface area contributed by atoms with Crippen LogP contribution in [0.2, 0.25) is 0 Å². The Morgan fingerprint density at radius 2 is 1.96 bits per heavy atom. The lowest BCUT2D eigenvalue weighted by Gasteiger charge is -2.16. The molecular weight excluding hydrogens is 354 g/mol. The van der Waals surface area contributed by atoms with Crippen LogP contribution in [0, 0.1) is 0 Å². The molecule has 4 nitrogen and oxygen atoms in total. The summed E-state index contributed by atoms with van der Waals surface area (Å²) in [7, 11) is 1.79. The molecule has 116 valence electrons. The third kappa shape index (κ3) is 3.68. The molecule has 0 aliphatic carbocycles. The van der Waals surface area contributed by atoms with Crippen LogP contribution in [0.5, 0.6) is 0 Å². The van der Waals surface area contributed by atoms with Crippen LogP contribution in [-0.2, 0) is 6.54 Å². The molecule has 3 aromatic rings. The number of nitrogens with zero attached hydrogens (tertiary/aromatic N) is 3. The Kier molecular flexibility index (Phi) is 4.57. The van der Waals surface area contributed by atoms with Crippen LogP contribution in [0.1, 0.15) is 15.9 Å². The van der Waals surface area contributed by atoms with Gasteiger partial charge in [-0.15, -0.1) is 0 Å². The Balaban J connectivity index is 1.72. The number of halogens is 1. The minimum absolute atomic E-state index is 0.0150. The van der Waals surface area contributed by atoms with Gasteiger partial charge in [0.1, 0.15) is 0 Å². The van der Waals surface area contributed by atoms with Gasteiger partial charge in [0.2, 0.25) is 0 Å². The van der Waals surface area contributed by atoms with E-state index in [9.17, 15) is 4.79 Å². The second-order valence-corrected chi connectivity index (χ2v) is 6.22. The first-order chi connectivity index (χ1) is 11.1. The van der Waals surface area contributed by atoms with Gasteiger partial charge in [-0.05, 0) is 30.3 Å². The van der Waals surface area contributed by atoms with Crippen LogP contribution in [0.3, 0.4) is 0 Å². The minimum atomic E-state index is -0.0150. The summed E-state index contributed by atoms with van der Waals surface area (Å²) in [5.41, 5.74) is 2.65. The third-order valence-electron chi connectivity index (χ3n) is 3.49. The van der Waals surface area contributed by atoms with Gasteiger partial charge < -0.3 is 4.90 Å². The van der Waals surface area contributed by atoms with Crippen molar-refractivity contribution in [3.05, 3.63) is 82.6 Å². The summed E-state index contributed by atoms with van der Waals surface area (Å²) in [6.45, 7) is 0.512. The van der Waals surface area contributed by atoms with Crippen molar-refractivity contribution in [2.75, 3.05) is 7.05 Å². The monoisotopic (exact) mass is 369 g/mol. The number of amides is 1. The molecule has 3 rings (SSSR count). The highest BCUT2D eigenvalue weighted by Gasteiger charge is 2.13. The largest absolute Gasteiger partial charge is 0.337 e. The molecule has 0 aliphatic rings. The van der Waals surface area contributed by atoms with Gasteiger partial charge in [-0.1, -0.05) is 40.2 Å². The number of hydrogen-bond donors (Lipinski definition) is 0. The van der Waals surface area contributed by atoms with Crippen molar-refractivity contribution in [3.8, 4) is 5.69 Å². The van der Waals surface area contributed by atoms with Crippen molar-refractivity contribution < 1.29 is 4.79 Å². The summed E-state index contributed by atoms with van der Waals surface area (Å²) in [4.78, 5) is 14.1. The van der Waals surface area contributed by atoms with Crippen molar-refractivity contribution in [2.24, 2.45) is 0 Å². The smallest absolute Gasteiger partial charge is 0.253 e. The second kappa shape index (κ2) is 6.79. The van der Waals surface area contributed by atoms with Gasteiger partial charge in [0.15, 0.2) is 0 Å². The van der Waals surface area contributed by atoms with Crippen LogP contribution in [-0.4, -0.2) is 27.6 Å². The molecule has 0 N–H and O–H groups in total. The number of benzene rings is 2. The Morgan fingerprint density at radius 3 is 2.70 bits per heavy atom. The zero-order valence-corrected chi connectivity index (χ0v) is 14.3. The first-order valence-corrected chi connectivity index (χ1v) is 8.03. The van der Waals surface area contributed by atoms with Gasteiger partial charge >= 0.3 is 0 Å². The lowest BCUT2D eigenvalue weighted by molar-refractivity contribution is 0.0785. The fourth-order valence-corrected chi connectivity index (χ4v) is 2.75. The topological polar surface area (TPSA) is 38.1 Å². The highest BCUT2D eigenvalue weighted by molar-refractivity contribution is 9.10. The lowest BCUT2D eigenvalue weighted by Crippen LogP contribution is -2.26. The van der Waals surface area contributed by atoms with Gasteiger partial charge in [0.25, 0.3) is 5.91 Å². The zero-order valence-electron chi connectivity index (χ0n) is 12.7. The second-order valence-electron chi connectivity index (χ2n) is 5.30. The van der Waals surface area contributed by atoms with E-state index in [4.69, 9.17) is 0 Å². The molecule has 0 fully saturated rings. The normalized spacial score (nSPS) is 10.5. The average molecular weight is 370 g/mol.